The van der Waals surface area contributed by atoms with Gasteiger partial charge in [0.2, 0.25) is 0 Å². The van der Waals surface area contributed by atoms with E-state index in [1.807, 2.05) is 42.0 Å². The third-order valence-corrected chi connectivity index (χ3v) is 5.06. The zero-order valence-corrected chi connectivity index (χ0v) is 16.5. The highest BCUT2D eigenvalue weighted by Crippen LogP contribution is 2.31. The quantitative estimate of drug-likeness (QED) is 0.574. The Morgan fingerprint density at radius 3 is 2.69 bits per heavy atom. The first kappa shape index (κ1) is 19.6. The zero-order chi connectivity index (χ0) is 20.1. The van der Waals surface area contributed by atoms with Gasteiger partial charge in [0.15, 0.2) is 5.79 Å². The van der Waals surface area contributed by atoms with Crippen molar-refractivity contribution in [3.8, 4) is 5.75 Å². The smallest absolute Gasteiger partial charge is 0.187 e. The number of hydrogen-bond acceptors (Lipinski definition) is 4. The fourth-order valence-electron chi connectivity index (χ4n) is 3.46. The Bertz CT molecular complexity index is 897. The molecule has 2 heterocycles. The molecule has 0 N–H and O–H groups in total. The second-order valence-electron chi connectivity index (χ2n) is 7.45. The fourth-order valence-corrected chi connectivity index (χ4v) is 3.46. The van der Waals surface area contributed by atoms with E-state index in [0.29, 0.717) is 26.2 Å². The monoisotopic (exact) mass is 396 g/mol. The van der Waals surface area contributed by atoms with Gasteiger partial charge >= 0.3 is 0 Å². The highest BCUT2D eigenvalue weighted by molar-refractivity contribution is 5.26. The van der Waals surface area contributed by atoms with Crippen molar-refractivity contribution < 1.29 is 18.6 Å². The number of hydrogen-bond donors (Lipinski definition) is 0. The van der Waals surface area contributed by atoms with Crippen molar-refractivity contribution in [1.82, 2.24) is 9.55 Å². The summed E-state index contributed by atoms with van der Waals surface area (Å²) in [5, 5.41) is 0. The number of aromatic nitrogens is 2. The SMILES string of the molecule is Cc1ccc(OCC2COC(CCc3ccc(F)cc3)(Cn3ccnc3)O2)cc1. The van der Waals surface area contributed by atoms with Crippen LogP contribution in [0, 0.1) is 12.7 Å². The van der Waals surface area contributed by atoms with Gasteiger partial charge in [-0.25, -0.2) is 9.37 Å². The van der Waals surface area contributed by atoms with Gasteiger partial charge in [-0.3, -0.25) is 0 Å². The molecule has 1 fully saturated rings. The van der Waals surface area contributed by atoms with Crippen LogP contribution in [0.4, 0.5) is 4.39 Å². The van der Waals surface area contributed by atoms with Crippen molar-refractivity contribution >= 4 is 0 Å². The van der Waals surface area contributed by atoms with Crippen molar-refractivity contribution in [2.24, 2.45) is 0 Å². The maximum absolute atomic E-state index is 13.2. The molecule has 2 aromatic carbocycles. The first-order chi connectivity index (χ1) is 14.1. The van der Waals surface area contributed by atoms with Crippen LogP contribution < -0.4 is 4.74 Å². The van der Waals surface area contributed by atoms with Crippen molar-refractivity contribution in [2.45, 2.75) is 38.2 Å². The number of nitrogens with zero attached hydrogens (tertiary/aromatic N) is 2. The molecule has 0 aliphatic carbocycles. The molecule has 152 valence electrons. The van der Waals surface area contributed by atoms with Crippen molar-refractivity contribution in [1.29, 1.82) is 0 Å². The molecular formula is C23H25FN2O3. The third-order valence-electron chi connectivity index (χ3n) is 5.06. The second-order valence-corrected chi connectivity index (χ2v) is 7.45. The molecule has 1 aliphatic heterocycles. The van der Waals surface area contributed by atoms with Crippen LogP contribution in [0.2, 0.25) is 0 Å². The molecule has 6 heteroatoms. The van der Waals surface area contributed by atoms with E-state index in [-0.39, 0.29) is 11.9 Å². The molecule has 0 saturated carbocycles. The Balaban J connectivity index is 1.40. The van der Waals surface area contributed by atoms with Crippen LogP contribution in [0.5, 0.6) is 5.75 Å². The summed E-state index contributed by atoms with van der Waals surface area (Å²) >= 11 is 0. The van der Waals surface area contributed by atoms with Crippen LogP contribution in [-0.4, -0.2) is 34.7 Å². The van der Waals surface area contributed by atoms with Gasteiger partial charge in [0.25, 0.3) is 0 Å². The van der Waals surface area contributed by atoms with Gasteiger partial charge in [0.05, 0.1) is 19.5 Å². The summed E-state index contributed by atoms with van der Waals surface area (Å²) in [6.07, 6.45) is 6.59. The highest BCUT2D eigenvalue weighted by Gasteiger charge is 2.42. The largest absolute Gasteiger partial charge is 0.491 e. The van der Waals surface area contributed by atoms with E-state index in [1.165, 1.54) is 17.7 Å². The summed E-state index contributed by atoms with van der Waals surface area (Å²) in [7, 11) is 0. The Labute approximate surface area is 170 Å². The van der Waals surface area contributed by atoms with Crippen LogP contribution in [0.15, 0.2) is 67.3 Å². The average molecular weight is 396 g/mol. The first-order valence-corrected chi connectivity index (χ1v) is 9.82. The summed E-state index contributed by atoms with van der Waals surface area (Å²) in [6.45, 7) is 3.47. The molecule has 2 unspecified atom stereocenters. The van der Waals surface area contributed by atoms with E-state index in [1.54, 1.807) is 24.7 Å². The number of halogens is 1. The van der Waals surface area contributed by atoms with Crippen LogP contribution in [0.25, 0.3) is 0 Å². The van der Waals surface area contributed by atoms with Crippen LogP contribution in [-0.2, 0) is 22.4 Å². The molecule has 0 radical (unpaired) electrons. The van der Waals surface area contributed by atoms with Crippen LogP contribution in [0.3, 0.4) is 0 Å². The molecule has 5 nitrogen and oxygen atoms in total. The Morgan fingerprint density at radius 1 is 1.17 bits per heavy atom. The maximum Gasteiger partial charge on any atom is 0.187 e. The normalized spacial score (nSPS) is 21.4. The molecule has 4 rings (SSSR count). The Hall–Kier alpha value is -2.70. The predicted molar refractivity (Wildman–Crippen MR) is 107 cm³/mol. The minimum absolute atomic E-state index is 0.159. The summed E-state index contributed by atoms with van der Waals surface area (Å²) in [6, 6.07) is 14.5. The van der Waals surface area contributed by atoms with E-state index < -0.39 is 5.79 Å². The first-order valence-electron chi connectivity index (χ1n) is 9.82. The Morgan fingerprint density at radius 2 is 1.97 bits per heavy atom. The van der Waals surface area contributed by atoms with Crippen molar-refractivity contribution in [3.05, 3.63) is 84.2 Å². The molecule has 1 aromatic heterocycles. The van der Waals surface area contributed by atoms with E-state index in [2.05, 4.69) is 4.98 Å². The minimum Gasteiger partial charge on any atom is -0.491 e. The summed E-state index contributed by atoms with van der Waals surface area (Å²) in [5.74, 6) is -0.183. The van der Waals surface area contributed by atoms with Crippen molar-refractivity contribution in [2.75, 3.05) is 13.2 Å². The predicted octanol–water partition coefficient (Wildman–Crippen LogP) is 4.15. The van der Waals surface area contributed by atoms with Gasteiger partial charge < -0.3 is 18.8 Å². The molecule has 29 heavy (non-hydrogen) atoms. The Kier molecular flexibility index (Phi) is 5.92. The topological polar surface area (TPSA) is 45.5 Å². The standard InChI is InChI=1S/C23H25FN2O3/c1-18-2-8-21(9-3-18)27-14-22-15-28-23(29-22,16-26-13-12-25-17-26)11-10-19-4-6-20(24)7-5-19/h2-9,12-13,17,22H,10-11,14-16H2,1H3. The fraction of sp³-hybridized carbons (Fsp3) is 0.348. The third kappa shape index (κ3) is 5.22. The average Bonchev–Trinajstić information content (AvgIpc) is 3.38. The lowest BCUT2D eigenvalue weighted by atomic mass is 10.0. The summed E-state index contributed by atoms with van der Waals surface area (Å²) in [4.78, 5) is 4.11. The molecule has 0 amide bonds. The number of rotatable bonds is 8. The number of benzene rings is 2. The van der Waals surface area contributed by atoms with Crippen molar-refractivity contribution in [3.63, 3.8) is 0 Å². The lowest BCUT2D eigenvalue weighted by Crippen LogP contribution is -2.37. The van der Waals surface area contributed by atoms with Gasteiger partial charge in [-0.1, -0.05) is 29.8 Å². The molecule has 2 atom stereocenters. The molecule has 0 spiro atoms. The maximum atomic E-state index is 13.2. The van der Waals surface area contributed by atoms with Crippen LogP contribution in [0.1, 0.15) is 17.5 Å². The minimum atomic E-state index is -0.767. The van der Waals surface area contributed by atoms with Gasteiger partial charge in [-0.15, -0.1) is 0 Å². The lowest BCUT2D eigenvalue weighted by Gasteiger charge is -2.28. The number of imidazole rings is 1. The lowest BCUT2D eigenvalue weighted by molar-refractivity contribution is -0.184. The zero-order valence-electron chi connectivity index (χ0n) is 16.5. The molecule has 0 bridgehead atoms. The summed E-state index contributed by atoms with van der Waals surface area (Å²) < 4.78 is 33.5. The van der Waals surface area contributed by atoms with E-state index in [9.17, 15) is 4.39 Å². The van der Waals surface area contributed by atoms with Crippen LogP contribution >= 0.6 is 0 Å². The highest BCUT2D eigenvalue weighted by atomic mass is 19.1. The molecule has 1 saturated heterocycles. The van der Waals surface area contributed by atoms with Gasteiger partial charge in [-0.2, -0.15) is 0 Å². The molecular weight excluding hydrogens is 371 g/mol. The van der Waals surface area contributed by atoms with E-state index in [0.717, 1.165) is 17.7 Å². The molecule has 1 aliphatic rings. The van der Waals surface area contributed by atoms with Gasteiger partial charge in [0, 0.05) is 18.8 Å². The van der Waals surface area contributed by atoms with Gasteiger partial charge in [0.1, 0.15) is 24.3 Å². The van der Waals surface area contributed by atoms with Gasteiger partial charge in [-0.05, 0) is 43.2 Å². The van der Waals surface area contributed by atoms with E-state index in [4.69, 9.17) is 14.2 Å². The molecule has 3 aromatic rings. The number of aryl methyl sites for hydroxylation is 2. The number of ether oxygens (including phenoxy) is 3. The summed E-state index contributed by atoms with van der Waals surface area (Å²) in [5.41, 5.74) is 2.24. The second kappa shape index (κ2) is 8.76. The van der Waals surface area contributed by atoms with E-state index >= 15 is 0 Å².